The molecule has 4 fully saturated rings. The normalized spacial score (nSPS) is 39.6. The van der Waals surface area contributed by atoms with Gasteiger partial charge in [0.1, 0.15) is 30.2 Å². The Kier molecular flexibility index (Phi) is 6.87. The minimum Gasteiger partial charge on any atom is -0.382 e. The van der Waals surface area contributed by atoms with E-state index in [2.05, 4.69) is 35.2 Å². The standard InChI is InChI=1S/C21H22F3N11O11P2/c22-8-11-6(43-17(8)35-15-10(32-33-35)16(36)31-19(26)30-15)1-41-48(39,40)46-12-18(34-5-29-9-13(25)27-4-28-14(9)34)44-7(2-42-47(37,38)45-11)20(12)3-21(20,23)24/h4-8,11-12,17-18H,1-3H2,(H,37,38)(H,39,40)(H2,25,27,28)(H3,26,30,31,36)/t6-,7-,8-,11-,12+,17-,18-,20-/m1/s1. The van der Waals surface area contributed by atoms with Gasteiger partial charge in [-0.25, -0.2) is 37.3 Å². The van der Waals surface area contributed by atoms with Gasteiger partial charge in [-0.3, -0.25) is 32.4 Å². The van der Waals surface area contributed by atoms with E-state index in [-0.39, 0.29) is 34.1 Å². The lowest BCUT2D eigenvalue weighted by Crippen LogP contribution is -2.37. The molecule has 0 aromatic carbocycles. The van der Waals surface area contributed by atoms with Gasteiger partial charge in [-0.2, -0.15) is 9.67 Å². The van der Waals surface area contributed by atoms with Crippen molar-refractivity contribution in [2.45, 2.75) is 55.4 Å². The third kappa shape index (κ3) is 4.76. The topological polar surface area (TPSA) is 302 Å². The fourth-order valence-corrected chi connectivity index (χ4v) is 8.17. The Morgan fingerprint density at radius 2 is 1.73 bits per heavy atom. The molecule has 7 N–H and O–H groups in total. The minimum absolute atomic E-state index is 0.0196. The van der Waals surface area contributed by atoms with Gasteiger partial charge in [0.05, 0.1) is 31.1 Å². The summed E-state index contributed by atoms with van der Waals surface area (Å²) >= 11 is 0. The Bertz CT molecular complexity index is 2120. The lowest BCUT2D eigenvalue weighted by molar-refractivity contribution is -0.0686. The molecular weight excluding hydrogens is 701 g/mol. The van der Waals surface area contributed by atoms with Gasteiger partial charge >= 0.3 is 15.6 Å². The Balaban J connectivity index is 1.15. The first-order valence-electron chi connectivity index (χ1n) is 13.8. The lowest BCUT2D eigenvalue weighted by atomic mass is 9.94. The van der Waals surface area contributed by atoms with Crippen LogP contribution >= 0.6 is 15.6 Å². The molecule has 48 heavy (non-hydrogen) atoms. The Labute approximate surface area is 262 Å². The molecule has 1 aliphatic carbocycles. The van der Waals surface area contributed by atoms with Crippen LogP contribution in [-0.2, 0) is 36.7 Å². The molecule has 4 aliphatic rings. The second kappa shape index (κ2) is 10.4. The molecule has 4 aromatic heterocycles. The zero-order valence-corrected chi connectivity index (χ0v) is 25.4. The second-order valence-corrected chi connectivity index (χ2v) is 14.1. The fraction of sp³-hybridized carbons (Fsp3) is 0.571. The predicted octanol–water partition coefficient (Wildman–Crippen LogP) is -0.305. The van der Waals surface area contributed by atoms with Gasteiger partial charge in [-0.1, -0.05) is 5.21 Å². The number of nitrogens with two attached hydrogens (primary N) is 2. The lowest BCUT2D eigenvalue weighted by Gasteiger charge is -2.27. The number of imidazole rings is 1. The molecule has 3 aliphatic heterocycles. The zero-order chi connectivity index (χ0) is 34.0. The Morgan fingerprint density at radius 1 is 1.00 bits per heavy atom. The van der Waals surface area contributed by atoms with Gasteiger partial charge in [0.25, 0.3) is 11.5 Å². The van der Waals surface area contributed by atoms with Gasteiger partial charge in [0.2, 0.25) is 5.95 Å². The van der Waals surface area contributed by atoms with Crippen LogP contribution in [0, 0.1) is 5.41 Å². The number of H-pyrrole nitrogens is 1. The van der Waals surface area contributed by atoms with Crippen molar-refractivity contribution in [1.29, 1.82) is 0 Å². The highest BCUT2D eigenvalue weighted by Gasteiger charge is 2.84. The van der Waals surface area contributed by atoms with Crippen LogP contribution in [0.15, 0.2) is 17.4 Å². The number of nitrogen functional groups attached to an aromatic ring is 2. The number of ether oxygens (including phenoxy) is 2. The molecule has 0 radical (unpaired) electrons. The van der Waals surface area contributed by atoms with E-state index in [4.69, 9.17) is 39.0 Å². The van der Waals surface area contributed by atoms with E-state index in [1.165, 1.54) is 0 Å². The molecule has 3 saturated heterocycles. The summed E-state index contributed by atoms with van der Waals surface area (Å²) in [5.41, 5.74) is 7.54. The Hall–Kier alpha value is -3.64. The maximum Gasteiger partial charge on any atom is 0.472 e. The van der Waals surface area contributed by atoms with E-state index >= 15 is 13.2 Å². The average Bonchev–Trinajstić information content (AvgIpc) is 3.49. The molecule has 4 aromatic rings. The van der Waals surface area contributed by atoms with Crippen LogP contribution in [-0.4, -0.2) is 104 Å². The van der Waals surface area contributed by atoms with Gasteiger partial charge in [-0.05, 0) is 0 Å². The van der Waals surface area contributed by atoms with Crippen LogP contribution in [0.4, 0.5) is 24.9 Å². The van der Waals surface area contributed by atoms with Crippen molar-refractivity contribution in [2.24, 2.45) is 5.41 Å². The number of nitrogens with zero attached hydrogens (tertiary/aromatic N) is 8. The first-order valence-corrected chi connectivity index (χ1v) is 16.8. The molecule has 2 unspecified atom stereocenters. The Morgan fingerprint density at radius 3 is 2.48 bits per heavy atom. The van der Waals surface area contributed by atoms with Crippen LogP contribution < -0.4 is 17.0 Å². The van der Waals surface area contributed by atoms with Crippen LogP contribution in [0.1, 0.15) is 18.9 Å². The van der Waals surface area contributed by atoms with Crippen LogP contribution in [0.2, 0.25) is 0 Å². The summed E-state index contributed by atoms with van der Waals surface area (Å²) in [7, 11) is -10.7. The van der Waals surface area contributed by atoms with Crippen LogP contribution in [0.5, 0.6) is 0 Å². The smallest absolute Gasteiger partial charge is 0.382 e. The van der Waals surface area contributed by atoms with Crippen molar-refractivity contribution >= 4 is 49.7 Å². The maximum absolute atomic E-state index is 16.0. The monoisotopic (exact) mass is 723 g/mol. The predicted molar refractivity (Wildman–Crippen MR) is 146 cm³/mol. The van der Waals surface area contributed by atoms with Gasteiger partial charge in [0.15, 0.2) is 41.3 Å². The highest BCUT2D eigenvalue weighted by Crippen LogP contribution is 2.73. The van der Waals surface area contributed by atoms with E-state index in [9.17, 15) is 23.7 Å². The largest absolute Gasteiger partial charge is 0.472 e. The van der Waals surface area contributed by atoms with Crippen molar-refractivity contribution < 1.29 is 59.7 Å². The first kappa shape index (κ1) is 31.6. The van der Waals surface area contributed by atoms with E-state index in [0.29, 0.717) is 4.68 Å². The highest BCUT2D eigenvalue weighted by atomic mass is 31.2. The van der Waals surface area contributed by atoms with Crippen molar-refractivity contribution in [1.82, 2.24) is 44.5 Å². The van der Waals surface area contributed by atoms with E-state index in [1.54, 1.807) is 0 Å². The molecular formula is C21H22F3N11O11P2. The van der Waals surface area contributed by atoms with Crippen molar-refractivity contribution in [3.05, 3.63) is 23.0 Å². The molecule has 27 heteroatoms. The molecule has 1 saturated carbocycles. The number of phosphoric acid groups is 2. The molecule has 0 amide bonds. The van der Waals surface area contributed by atoms with Gasteiger partial charge < -0.3 is 30.7 Å². The fourth-order valence-electron chi connectivity index (χ4n) is 6.25. The number of hydrogen-bond donors (Lipinski definition) is 5. The SMILES string of the molecule is Nc1nc2c(nnn2[C@@H]2O[C@@H]3COP(=O)(O)O[C@H]4[C@H](n5cnc6c(N)ncnc65)O[C@H](COP(=O)(O)O[C@H]3[C@H]2F)[C@]42CC2(F)F)c(=O)[nH]1. The van der Waals surface area contributed by atoms with Crippen LogP contribution in [0.3, 0.4) is 0 Å². The third-order valence-electron chi connectivity index (χ3n) is 8.53. The zero-order valence-electron chi connectivity index (χ0n) is 23.6. The summed E-state index contributed by atoms with van der Waals surface area (Å²) in [5, 5.41) is 7.29. The van der Waals surface area contributed by atoms with Crippen molar-refractivity contribution in [3.8, 4) is 0 Å². The number of hydrogen-bond acceptors (Lipinski definition) is 17. The van der Waals surface area contributed by atoms with Crippen molar-refractivity contribution in [3.63, 3.8) is 0 Å². The quantitative estimate of drug-likeness (QED) is 0.166. The summed E-state index contributed by atoms with van der Waals surface area (Å²) in [5.74, 6) is -4.05. The summed E-state index contributed by atoms with van der Waals surface area (Å²) in [6.45, 7) is -2.13. The van der Waals surface area contributed by atoms with Gasteiger partial charge in [-0.15, -0.1) is 5.10 Å². The number of fused-ring (bicyclic) bond motifs is 3. The molecule has 2 bridgehead atoms. The summed E-state index contributed by atoms with van der Waals surface area (Å²) < 4.78 is 107. The van der Waals surface area contributed by atoms with E-state index in [1.807, 2.05) is 0 Å². The average molecular weight is 723 g/mol. The summed E-state index contributed by atoms with van der Waals surface area (Å²) in [4.78, 5) is 51.6. The maximum atomic E-state index is 16.0. The second-order valence-electron chi connectivity index (χ2n) is 11.3. The van der Waals surface area contributed by atoms with Gasteiger partial charge in [0, 0.05) is 6.42 Å². The molecule has 1 spiro atoms. The number of alkyl halides is 3. The van der Waals surface area contributed by atoms with Crippen LogP contribution in [0.25, 0.3) is 22.3 Å². The molecule has 258 valence electrons. The number of nitrogens with one attached hydrogen (secondary N) is 1. The highest BCUT2D eigenvalue weighted by molar-refractivity contribution is 7.47. The minimum atomic E-state index is -5.38. The first-order chi connectivity index (χ1) is 22.6. The molecule has 10 atom stereocenters. The number of aromatic nitrogens is 9. The van der Waals surface area contributed by atoms with E-state index < -0.39 is 95.2 Å². The van der Waals surface area contributed by atoms with E-state index in [0.717, 1.165) is 17.2 Å². The molecule has 22 nitrogen and oxygen atoms in total. The molecule has 7 heterocycles. The number of anilines is 2. The summed E-state index contributed by atoms with van der Waals surface area (Å²) in [6.07, 6.45) is -12.3. The molecule has 8 rings (SSSR count). The third-order valence-corrected chi connectivity index (χ3v) is 10.5. The number of halogens is 3. The van der Waals surface area contributed by atoms with Crippen molar-refractivity contribution in [2.75, 3.05) is 24.7 Å². The number of phosphoric ester groups is 2. The summed E-state index contributed by atoms with van der Waals surface area (Å²) in [6, 6.07) is 0. The number of rotatable bonds is 2. The number of aromatic amines is 1.